The van der Waals surface area contributed by atoms with Gasteiger partial charge in [0.05, 0.1) is 11.0 Å². The SMILES string of the molecule is C(=Cc1ccc(-n2c3ccccc3c3ccccc32)cc1)c1ccc(B2c3ccccc3-c3ccccc32)cc1. The van der Waals surface area contributed by atoms with Crippen LogP contribution in [0.4, 0.5) is 0 Å². The number of hydrogen-bond donors (Lipinski definition) is 0. The molecule has 0 saturated carbocycles. The third kappa shape index (κ3) is 3.65. The fourth-order valence-electron chi connectivity index (χ4n) is 6.44. The van der Waals surface area contributed by atoms with Crippen molar-refractivity contribution in [1.29, 1.82) is 0 Å². The normalized spacial score (nSPS) is 12.3. The van der Waals surface area contributed by atoms with Crippen LogP contribution < -0.4 is 16.4 Å². The van der Waals surface area contributed by atoms with Gasteiger partial charge in [0.15, 0.2) is 0 Å². The molecule has 0 aliphatic carbocycles. The van der Waals surface area contributed by atoms with Gasteiger partial charge < -0.3 is 4.57 Å². The van der Waals surface area contributed by atoms with Gasteiger partial charge >= 0.3 is 0 Å². The molecule has 1 aliphatic rings. The molecule has 0 N–H and O–H groups in total. The van der Waals surface area contributed by atoms with Gasteiger partial charge in [0.25, 0.3) is 0 Å². The summed E-state index contributed by atoms with van der Waals surface area (Å²) in [6.07, 6.45) is 4.40. The second-order valence-corrected chi connectivity index (χ2v) is 10.6. The highest BCUT2D eigenvalue weighted by molar-refractivity contribution is 6.99. The van der Waals surface area contributed by atoms with E-state index in [0.29, 0.717) is 6.71 Å². The zero-order valence-electron chi connectivity index (χ0n) is 22.0. The van der Waals surface area contributed by atoms with E-state index in [2.05, 4.69) is 162 Å². The minimum atomic E-state index is 0.291. The van der Waals surface area contributed by atoms with Crippen LogP contribution >= 0.6 is 0 Å². The van der Waals surface area contributed by atoms with Crippen LogP contribution in [0.1, 0.15) is 11.1 Å². The number of nitrogens with zero attached hydrogens (tertiary/aromatic N) is 1. The fraction of sp³-hybridized carbons (Fsp3) is 0. The van der Waals surface area contributed by atoms with Crippen LogP contribution in [-0.2, 0) is 0 Å². The van der Waals surface area contributed by atoms with E-state index in [1.54, 1.807) is 0 Å². The van der Waals surface area contributed by atoms with Crippen molar-refractivity contribution >= 4 is 57.1 Å². The third-order valence-corrected chi connectivity index (χ3v) is 8.30. The van der Waals surface area contributed by atoms with E-state index in [4.69, 9.17) is 0 Å². The summed E-state index contributed by atoms with van der Waals surface area (Å²) in [6, 6.07) is 52.8. The Hall–Kier alpha value is -5.08. The molecule has 0 amide bonds. The summed E-state index contributed by atoms with van der Waals surface area (Å²) >= 11 is 0. The molecular formula is C38H26BN. The summed E-state index contributed by atoms with van der Waals surface area (Å²) in [7, 11) is 0. The summed E-state index contributed by atoms with van der Waals surface area (Å²) in [5, 5.41) is 2.57. The molecule has 0 fully saturated rings. The van der Waals surface area contributed by atoms with Crippen molar-refractivity contribution in [3.05, 3.63) is 157 Å². The van der Waals surface area contributed by atoms with E-state index in [1.807, 2.05) is 0 Å². The Balaban J connectivity index is 1.07. The van der Waals surface area contributed by atoms with Crippen molar-refractivity contribution in [2.75, 3.05) is 0 Å². The molecule has 0 spiro atoms. The fourth-order valence-corrected chi connectivity index (χ4v) is 6.44. The summed E-state index contributed by atoms with van der Waals surface area (Å²) < 4.78 is 2.36. The lowest BCUT2D eigenvalue weighted by Gasteiger charge is -2.11. The number of hydrogen-bond acceptors (Lipinski definition) is 0. The van der Waals surface area contributed by atoms with Crippen molar-refractivity contribution in [2.45, 2.75) is 0 Å². The molecule has 0 radical (unpaired) electrons. The Morgan fingerprint density at radius 1 is 0.425 bits per heavy atom. The Kier molecular flexibility index (Phi) is 5.31. The van der Waals surface area contributed by atoms with Crippen LogP contribution in [0.2, 0.25) is 0 Å². The second kappa shape index (κ2) is 9.29. The first-order chi connectivity index (χ1) is 19.8. The molecular weight excluding hydrogens is 481 g/mol. The van der Waals surface area contributed by atoms with Gasteiger partial charge in [-0.15, -0.1) is 0 Å². The van der Waals surface area contributed by atoms with Crippen LogP contribution in [0.15, 0.2) is 146 Å². The number of aromatic nitrogens is 1. The van der Waals surface area contributed by atoms with E-state index in [9.17, 15) is 0 Å². The maximum Gasteiger partial charge on any atom is 0.242 e. The summed E-state index contributed by atoms with van der Waals surface area (Å²) in [6.45, 7) is 0.291. The first kappa shape index (κ1) is 22.9. The smallest absolute Gasteiger partial charge is 0.242 e. The summed E-state index contributed by atoms with van der Waals surface area (Å²) in [5.74, 6) is 0. The van der Waals surface area contributed by atoms with Crippen LogP contribution in [0.25, 0.3) is 50.8 Å². The van der Waals surface area contributed by atoms with Crippen LogP contribution in [-0.4, -0.2) is 11.3 Å². The highest BCUT2D eigenvalue weighted by Gasteiger charge is 2.32. The number of para-hydroxylation sites is 2. The Bertz CT molecular complexity index is 1950. The molecule has 1 aliphatic heterocycles. The molecule has 186 valence electrons. The lowest BCUT2D eigenvalue weighted by Crippen LogP contribution is -2.48. The molecule has 0 unspecified atom stereocenters. The molecule has 0 atom stereocenters. The van der Waals surface area contributed by atoms with Gasteiger partial charge in [-0.3, -0.25) is 0 Å². The van der Waals surface area contributed by atoms with E-state index in [0.717, 1.165) is 0 Å². The molecule has 1 nitrogen and oxygen atoms in total. The van der Waals surface area contributed by atoms with Crippen molar-refractivity contribution in [1.82, 2.24) is 4.57 Å². The topological polar surface area (TPSA) is 4.93 Å². The minimum absolute atomic E-state index is 0.291. The van der Waals surface area contributed by atoms with Gasteiger partial charge in [0.1, 0.15) is 0 Å². The Morgan fingerprint density at radius 3 is 1.43 bits per heavy atom. The second-order valence-electron chi connectivity index (χ2n) is 10.6. The molecule has 7 aromatic rings. The quantitative estimate of drug-likeness (QED) is 0.172. The molecule has 6 aromatic carbocycles. The molecule has 40 heavy (non-hydrogen) atoms. The average molecular weight is 507 g/mol. The minimum Gasteiger partial charge on any atom is -0.309 e. The largest absolute Gasteiger partial charge is 0.309 e. The highest BCUT2D eigenvalue weighted by atomic mass is 15.0. The van der Waals surface area contributed by atoms with Gasteiger partial charge in [-0.2, -0.15) is 0 Å². The number of rotatable bonds is 4. The van der Waals surface area contributed by atoms with E-state index >= 15 is 0 Å². The standard InChI is InChI=1S/C38H26BN/c1-5-13-35-31(9-1)32-10-2-6-14-36(32)39(35)29-23-19-27(20-24-29)17-18-28-21-25-30(26-22-28)40-37-15-7-3-11-33(37)34-12-4-8-16-38(34)40/h1-26H. The van der Waals surface area contributed by atoms with Crippen molar-refractivity contribution in [2.24, 2.45) is 0 Å². The maximum absolute atomic E-state index is 2.36. The molecule has 2 heterocycles. The highest BCUT2D eigenvalue weighted by Crippen LogP contribution is 2.31. The number of fused-ring (bicyclic) bond motifs is 6. The zero-order chi connectivity index (χ0) is 26.5. The van der Waals surface area contributed by atoms with Gasteiger partial charge in [0.2, 0.25) is 6.71 Å². The predicted molar refractivity (Wildman–Crippen MR) is 173 cm³/mol. The van der Waals surface area contributed by atoms with Crippen molar-refractivity contribution in [3.63, 3.8) is 0 Å². The van der Waals surface area contributed by atoms with Crippen molar-refractivity contribution < 1.29 is 0 Å². The zero-order valence-corrected chi connectivity index (χ0v) is 22.0. The van der Waals surface area contributed by atoms with Crippen LogP contribution in [0.3, 0.4) is 0 Å². The lowest BCUT2D eigenvalue weighted by atomic mass is 9.39. The number of benzene rings is 6. The van der Waals surface area contributed by atoms with E-state index in [-0.39, 0.29) is 0 Å². The monoisotopic (exact) mass is 507 g/mol. The summed E-state index contributed by atoms with van der Waals surface area (Å²) in [4.78, 5) is 0. The molecule has 0 bridgehead atoms. The van der Waals surface area contributed by atoms with E-state index < -0.39 is 0 Å². The van der Waals surface area contributed by atoms with Gasteiger partial charge in [0, 0.05) is 16.5 Å². The van der Waals surface area contributed by atoms with Gasteiger partial charge in [-0.05, 0) is 46.5 Å². The van der Waals surface area contributed by atoms with Crippen LogP contribution in [0.5, 0.6) is 0 Å². The van der Waals surface area contributed by atoms with Crippen LogP contribution in [0, 0.1) is 0 Å². The molecule has 8 rings (SSSR count). The maximum atomic E-state index is 2.36. The lowest BCUT2D eigenvalue weighted by molar-refractivity contribution is 1.18. The van der Waals surface area contributed by atoms with Gasteiger partial charge in [-0.1, -0.05) is 150 Å². The van der Waals surface area contributed by atoms with Gasteiger partial charge in [-0.25, -0.2) is 0 Å². The third-order valence-electron chi connectivity index (χ3n) is 8.30. The van der Waals surface area contributed by atoms with E-state index in [1.165, 1.54) is 66.1 Å². The Labute approximate surface area is 234 Å². The molecule has 0 saturated heterocycles. The first-order valence-electron chi connectivity index (χ1n) is 13.9. The van der Waals surface area contributed by atoms with Crippen molar-refractivity contribution in [3.8, 4) is 16.8 Å². The molecule has 1 aromatic heterocycles. The summed E-state index contributed by atoms with van der Waals surface area (Å²) in [5.41, 5.74) is 12.9. The molecule has 2 heteroatoms. The first-order valence-corrected chi connectivity index (χ1v) is 13.9. The average Bonchev–Trinajstić information content (AvgIpc) is 3.54. The predicted octanol–water partition coefficient (Wildman–Crippen LogP) is 7.45. The Morgan fingerprint density at radius 2 is 0.875 bits per heavy atom.